The molecular weight excluding hydrogens is 503 g/mol. The highest BCUT2D eigenvalue weighted by atomic mass is 127. The number of methoxy groups -OCH3 is 1. The normalized spacial score (nSPS) is 24.6. The highest BCUT2D eigenvalue weighted by Crippen LogP contribution is 2.35. The van der Waals surface area contributed by atoms with Gasteiger partial charge < -0.3 is 20.1 Å². The molecule has 7 heteroatoms. The zero-order valence-corrected chi connectivity index (χ0v) is 21.4. The SMILES string of the molecule is CN=C(NCC1(c2ccc(OC)cc2)CCOCC1)NC1CCN(C2CCCC2)C1.I. The number of benzene rings is 1. The molecule has 1 aromatic rings. The largest absolute Gasteiger partial charge is 0.497 e. The Morgan fingerprint density at radius 3 is 2.52 bits per heavy atom. The number of rotatable bonds is 6. The van der Waals surface area contributed by atoms with Gasteiger partial charge in [0.1, 0.15) is 5.75 Å². The van der Waals surface area contributed by atoms with E-state index < -0.39 is 0 Å². The van der Waals surface area contributed by atoms with E-state index in [4.69, 9.17) is 9.47 Å². The van der Waals surface area contributed by atoms with Gasteiger partial charge in [0.05, 0.1) is 7.11 Å². The fourth-order valence-corrected chi connectivity index (χ4v) is 5.42. The Morgan fingerprint density at radius 2 is 1.87 bits per heavy atom. The van der Waals surface area contributed by atoms with Gasteiger partial charge >= 0.3 is 0 Å². The van der Waals surface area contributed by atoms with E-state index in [0.29, 0.717) is 6.04 Å². The van der Waals surface area contributed by atoms with Crippen LogP contribution in [0, 0.1) is 0 Å². The Balaban J connectivity index is 0.00000272. The Morgan fingerprint density at radius 1 is 1.16 bits per heavy atom. The van der Waals surface area contributed by atoms with Crippen LogP contribution < -0.4 is 15.4 Å². The molecular formula is C24H39IN4O2. The van der Waals surface area contributed by atoms with E-state index >= 15 is 0 Å². The summed E-state index contributed by atoms with van der Waals surface area (Å²) < 4.78 is 11.0. The van der Waals surface area contributed by atoms with Gasteiger partial charge in [-0.3, -0.25) is 9.89 Å². The molecule has 31 heavy (non-hydrogen) atoms. The van der Waals surface area contributed by atoms with E-state index in [9.17, 15) is 0 Å². The molecule has 174 valence electrons. The summed E-state index contributed by atoms with van der Waals surface area (Å²) in [5.41, 5.74) is 1.41. The number of guanidine groups is 1. The van der Waals surface area contributed by atoms with Crippen LogP contribution in [0.3, 0.4) is 0 Å². The third-order valence-electron chi connectivity index (χ3n) is 7.37. The van der Waals surface area contributed by atoms with Gasteiger partial charge in [-0.25, -0.2) is 0 Å². The van der Waals surface area contributed by atoms with E-state index in [1.54, 1.807) is 7.11 Å². The number of likely N-dealkylation sites (tertiary alicyclic amines) is 1. The van der Waals surface area contributed by atoms with Crippen LogP contribution in [0.4, 0.5) is 0 Å². The van der Waals surface area contributed by atoms with Crippen molar-refractivity contribution in [3.63, 3.8) is 0 Å². The fraction of sp³-hybridized carbons (Fsp3) is 0.708. The third-order valence-corrected chi connectivity index (χ3v) is 7.37. The summed E-state index contributed by atoms with van der Waals surface area (Å²) in [6.45, 7) is 4.83. The van der Waals surface area contributed by atoms with Crippen LogP contribution in [0.5, 0.6) is 5.75 Å². The van der Waals surface area contributed by atoms with Crippen molar-refractivity contribution in [1.82, 2.24) is 15.5 Å². The number of halogens is 1. The Kier molecular flexibility index (Phi) is 9.28. The molecule has 2 aliphatic heterocycles. The maximum absolute atomic E-state index is 5.69. The summed E-state index contributed by atoms with van der Waals surface area (Å²) in [5.74, 6) is 1.83. The molecule has 0 amide bonds. The molecule has 0 aromatic heterocycles. The van der Waals surface area contributed by atoms with E-state index in [2.05, 4.69) is 44.8 Å². The first-order valence-corrected chi connectivity index (χ1v) is 11.7. The number of hydrogen-bond donors (Lipinski definition) is 2. The summed E-state index contributed by atoms with van der Waals surface area (Å²) >= 11 is 0. The number of hydrogen-bond acceptors (Lipinski definition) is 4. The Hall–Kier alpha value is -1.06. The lowest BCUT2D eigenvalue weighted by atomic mass is 9.74. The van der Waals surface area contributed by atoms with Gasteiger partial charge in [-0.2, -0.15) is 0 Å². The lowest BCUT2D eigenvalue weighted by Crippen LogP contribution is -2.50. The van der Waals surface area contributed by atoms with Crippen molar-refractivity contribution < 1.29 is 9.47 Å². The maximum atomic E-state index is 5.69. The van der Waals surface area contributed by atoms with E-state index in [1.807, 2.05) is 7.05 Å². The Labute approximate surface area is 204 Å². The van der Waals surface area contributed by atoms with Gasteiger partial charge in [0.25, 0.3) is 0 Å². The number of aliphatic imine (C=N–C) groups is 1. The average Bonchev–Trinajstić information content (AvgIpc) is 3.49. The maximum Gasteiger partial charge on any atom is 0.191 e. The number of nitrogens with one attached hydrogen (secondary N) is 2. The minimum atomic E-state index is 0. The summed E-state index contributed by atoms with van der Waals surface area (Å²) in [6.07, 6.45) is 8.80. The molecule has 1 aliphatic carbocycles. The summed E-state index contributed by atoms with van der Waals surface area (Å²) in [6, 6.07) is 9.85. The molecule has 2 heterocycles. The van der Waals surface area contributed by atoms with Gasteiger partial charge in [0.15, 0.2) is 5.96 Å². The minimum absolute atomic E-state index is 0. The molecule has 0 bridgehead atoms. The predicted molar refractivity (Wildman–Crippen MR) is 137 cm³/mol. The molecule has 1 atom stereocenters. The first-order chi connectivity index (χ1) is 14.7. The van der Waals surface area contributed by atoms with Gasteiger partial charge in [0, 0.05) is 57.4 Å². The number of ether oxygens (including phenoxy) is 2. The highest BCUT2D eigenvalue weighted by Gasteiger charge is 2.35. The van der Waals surface area contributed by atoms with Gasteiger partial charge in [-0.15, -0.1) is 24.0 Å². The van der Waals surface area contributed by atoms with Crippen molar-refractivity contribution in [1.29, 1.82) is 0 Å². The molecule has 0 radical (unpaired) electrons. The van der Waals surface area contributed by atoms with Crippen molar-refractivity contribution in [2.45, 2.75) is 62.4 Å². The molecule has 2 saturated heterocycles. The van der Waals surface area contributed by atoms with E-state index in [1.165, 1.54) is 44.2 Å². The minimum Gasteiger partial charge on any atom is -0.497 e. The van der Waals surface area contributed by atoms with Gasteiger partial charge in [-0.05, 0) is 49.8 Å². The lowest BCUT2D eigenvalue weighted by Gasteiger charge is -2.38. The van der Waals surface area contributed by atoms with Crippen LogP contribution in [-0.4, -0.2) is 69.9 Å². The molecule has 0 spiro atoms. The van der Waals surface area contributed by atoms with Crippen LogP contribution >= 0.6 is 24.0 Å². The standard InChI is InChI=1S/C24H38N4O2.HI/c1-25-23(27-20-11-14-28(17-20)21-5-3-4-6-21)26-18-24(12-15-30-16-13-24)19-7-9-22(29-2)10-8-19;/h7-10,20-21H,3-6,11-18H2,1-2H3,(H2,25,26,27);1H. The quantitative estimate of drug-likeness (QED) is 0.327. The second-order valence-electron chi connectivity index (χ2n) is 9.11. The molecule has 1 aromatic carbocycles. The molecule has 1 saturated carbocycles. The van der Waals surface area contributed by atoms with Crippen molar-refractivity contribution in [2.75, 3.05) is 47.0 Å². The fourth-order valence-electron chi connectivity index (χ4n) is 5.42. The lowest BCUT2D eigenvalue weighted by molar-refractivity contribution is 0.0513. The second kappa shape index (κ2) is 11.7. The van der Waals surface area contributed by atoms with Crippen molar-refractivity contribution in [3.8, 4) is 5.75 Å². The molecule has 3 fully saturated rings. The summed E-state index contributed by atoms with van der Waals surface area (Å²) in [5, 5.41) is 7.34. The summed E-state index contributed by atoms with van der Waals surface area (Å²) in [4.78, 5) is 7.23. The first-order valence-electron chi connectivity index (χ1n) is 11.7. The van der Waals surface area contributed by atoms with Crippen LogP contribution in [-0.2, 0) is 10.2 Å². The molecule has 3 aliphatic rings. The molecule has 1 unspecified atom stereocenters. The van der Waals surface area contributed by atoms with Crippen LogP contribution in [0.1, 0.15) is 50.5 Å². The van der Waals surface area contributed by atoms with E-state index in [0.717, 1.165) is 56.9 Å². The zero-order chi connectivity index (χ0) is 20.8. The van der Waals surface area contributed by atoms with E-state index in [-0.39, 0.29) is 29.4 Å². The number of nitrogens with zero attached hydrogens (tertiary/aromatic N) is 2. The second-order valence-corrected chi connectivity index (χ2v) is 9.11. The third kappa shape index (κ3) is 6.05. The molecule has 4 rings (SSSR count). The first kappa shape index (κ1) is 24.6. The average molecular weight is 543 g/mol. The van der Waals surface area contributed by atoms with Crippen molar-refractivity contribution in [2.24, 2.45) is 4.99 Å². The molecule has 2 N–H and O–H groups in total. The topological polar surface area (TPSA) is 58.1 Å². The zero-order valence-electron chi connectivity index (χ0n) is 19.1. The smallest absolute Gasteiger partial charge is 0.191 e. The summed E-state index contributed by atoms with van der Waals surface area (Å²) in [7, 11) is 3.59. The van der Waals surface area contributed by atoms with Crippen LogP contribution in [0.25, 0.3) is 0 Å². The van der Waals surface area contributed by atoms with Crippen molar-refractivity contribution in [3.05, 3.63) is 29.8 Å². The van der Waals surface area contributed by atoms with Gasteiger partial charge in [0.2, 0.25) is 0 Å². The van der Waals surface area contributed by atoms with Gasteiger partial charge in [-0.1, -0.05) is 25.0 Å². The molecule has 6 nitrogen and oxygen atoms in total. The Bertz CT molecular complexity index is 700. The van der Waals surface area contributed by atoms with Crippen LogP contribution in [0.15, 0.2) is 29.3 Å². The predicted octanol–water partition coefficient (Wildman–Crippen LogP) is 3.54. The highest BCUT2D eigenvalue weighted by molar-refractivity contribution is 14.0. The monoisotopic (exact) mass is 542 g/mol. The van der Waals surface area contributed by atoms with Crippen LogP contribution in [0.2, 0.25) is 0 Å². The van der Waals surface area contributed by atoms with Crippen molar-refractivity contribution >= 4 is 29.9 Å².